The molecule has 2 unspecified atom stereocenters. The SMILES string of the molecule is CCC(COC(c1ccccc1)N1N=C(C(=O)O)CC1=O)S(=O)(=O)O. The zero-order chi connectivity index (χ0) is 18.6. The number of carbonyl (C=O) groups excluding carboxylic acids is 1. The summed E-state index contributed by atoms with van der Waals surface area (Å²) in [6.45, 7) is 1.19. The molecule has 0 aliphatic carbocycles. The number of ether oxygens (including phenoxy) is 1. The molecule has 1 aliphatic heterocycles. The Labute approximate surface area is 144 Å². The number of carboxylic acids is 1. The quantitative estimate of drug-likeness (QED) is 0.653. The van der Waals surface area contributed by atoms with Gasteiger partial charge in [-0.2, -0.15) is 18.5 Å². The number of amides is 1. The van der Waals surface area contributed by atoms with Crippen molar-refractivity contribution in [2.45, 2.75) is 31.2 Å². The highest BCUT2D eigenvalue weighted by Crippen LogP contribution is 2.27. The summed E-state index contributed by atoms with van der Waals surface area (Å²) in [4.78, 5) is 23.1. The molecule has 0 saturated carbocycles. The van der Waals surface area contributed by atoms with Crippen LogP contribution >= 0.6 is 0 Å². The smallest absolute Gasteiger partial charge is 0.352 e. The first-order valence-corrected chi connectivity index (χ1v) is 9.00. The van der Waals surface area contributed by atoms with Gasteiger partial charge in [-0.1, -0.05) is 37.3 Å². The van der Waals surface area contributed by atoms with Gasteiger partial charge in [0, 0.05) is 5.56 Å². The molecule has 1 heterocycles. The molecule has 0 fully saturated rings. The van der Waals surface area contributed by atoms with Crippen LogP contribution in [-0.4, -0.2) is 52.5 Å². The minimum absolute atomic E-state index is 0.109. The topological polar surface area (TPSA) is 134 Å². The van der Waals surface area contributed by atoms with Crippen molar-refractivity contribution in [2.24, 2.45) is 5.10 Å². The zero-order valence-electron chi connectivity index (χ0n) is 13.4. The summed E-state index contributed by atoms with van der Waals surface area (Å²) in [6, 6.07) is 8.40. The van der Waals surface area contributed by atoms with Crippen LogP contribution in [0.1, 0.15) is 31.6 Å². The lowest BCUT2D eigenvalue weighted by atomic mass is 10.2. The van der Waals surface area contributed by atoms with Gasteiger partial charge in [0.05, 0.1) is 13.0 Å². The van der Waals surface area contributed by atoms with E-state index in [1.165, 1.54) is 0 Å². The van der Waals surface area contributed by atoms with E-state index in [0.29, 0.717) is 5.56 Å². The van der Waals surface area contributed by atoms with E-state index in [2.05, 4.69) is 5.10 Å². The van der Waals surface area contributed by atoms with Gasteiger partial charge in [0.15, 0.2) is 11.9 Å². The molecule has 10 heteroatoms. The number of hydrogen-bond acceptors (Lipinski definition) is 6. The van der Waals surface area contributed by atoms with Gasteiger partial charge in [0.25, 0.3) is 16.0 Å². The maximum absolute atomic E-state index is 12.1. The maximum Gasteiger partial charge on any atom is 0.352 e. The Morgan fingerprint density at radius 2 is 2.00 bits per heavy atom. The van der Waals surface area contributed by atoms with Crippen molar-refractivity contribution in [3.8, 4) is 0 Å². The molecule has 9 nitrogen and oxygen atoms in total. The van der Waals surface area contributed by atoms with Gasteiger partial charge in [-0.05, 0) is 6.42 Å². The lowest BCUT2D eigenvalue weighted by molar-refractivity contribution is -0.144. The molecule has 2 N–H and O–H groups in total. The number of aliphatic carboxylic acids is 1. The third kappa shape index (κ3) is 4.62. The van der Waals surface area contributed by atoms with Crippen LogP contribution in [0.5, 0.6) is 0 Å². The van der Waals surface area contributed by atoms with E-state index in [-0.39, 0.29) is 25.2 Å². The fourth-order valence-corrected chi connectivity index (χ4v) is 2.96. The van der Waals surface area contributed by atoms with Crippen LogP contribution in [-0.2, 0) is 24.4 Å². The van der Waals surface area contributed by atoms with E-state index < -0.39 is 33.5 Å². The summed E-state index contributed by atoms with van der Waals surface area (Å²) < 4.78 is 37.4. The van der Waals surface area contributed by atoms with Gasteiger partial charge in [0.2, 0.25) is 0 Å². The van der Waals surface area contributed by atoms with Crippen molar-refractivity contribution in [3.63, 3.8) is 0 Å². The number of hydrogen-bond donors (Lipinski definition) is 2. The average Bonchev–Trinajstić information content (AvgIpc) is 2.93. The molecule has 0 aromatic heterocycles. The number of carboxylic acid groups (broad SMARTS) is 1. The molecule has 2 atom stereocenters. The first-order chi connectivity index (χ1) is 11.7. The van der Waals surface area contributed by atoms with Gasteiger partial charge in [-0.3, -0.25) is 9.35 Å². The molecular weight excluding hydrogens is 352 g/mol. The number of nitrogens with zero attached hydrogens (tertiary/aromatic N) is 2. The van der Waals surface area contributed by atoms with E-state index in [9.17, 15) is 22.6 Å². The van der Waals surface area contributed by atoms with Gasteiger partial charge in [-0.15, -0.1) is 0 Å². The molecule has 0 bridgehead atoms. The monoisotopic (exact) mass is 370 g/mol. The summed E-state index contributed by atoms with van der Waals surface area (Å²) in [5.74, 6) is -1.89. The molecular formula is C15H18N2O7S. The number of benzene rings is 1. The normalized spacial score (nSPS) is 17.3. The summed E-state index contributed by atoms with van der Waals surface area (Å²) in [5, 5.41) is 12.5. The summed E-state index contributed by atoms with van der Waals surface area (Å²) >= 11 is 0. The van der Waals surface area contributed by atoms with Crippen LogP contribution < -0.4 is 0 Å². The van der Waals surface area contributed by atoms with Gasteiger partial charge in [0.1, 0.15) is 5.25 Å². The second-order valence-corrected chi connectivity index (χ2v) is 7.11. The molecule has 1 amide bonds. The van der Waals surface area contributed by atoms with Crippen LogP contribution in [0.3, 0.4) is 0 Å². The van der Waals surface area contributed by atoms with E-state index in [0.717, 1.165) is 5.01 Å². The van der Waals surface area contributed by atoms with E-state index >= 15 is 0 Å². The van der Waals surface area contributed by atoms with E-state index in [1.807, 2.05) is 0 Å². The van der Waals surface area contributed by atoms with Gasteiger partial charge >= 0.3 is 5.97 Å². The maximum atomic E-state index is 12.1. The molecule has 2 rings (SSSR count). The highest BCUT2D eigenvalue weighted by Gasteiger charge is 2.35. The Bertz CT molecular complexity index is 776. The standard InChI is InChI=1S/C15H18N2O7S/c1-2-11(25(21,22)23)9-24-14(10-6-4-3-5-7-10)17-13(18)8-12(16-17)15(19)20/h3-7,11,14H,2,8-9H2,1H3,(H,19,20)(H,21,22,23). The zero-order valence-corrected chi connectivity index (χ0v) is 14.2. The van der Waals surface area contributed by atoms with E-state index in [1.54, 1.807) is 37.3 Å². The molecule has 136 valence electrons. The largest absolute Gasteiger partial charge is 0.477 e. The molecule has 1 aromatic rings. The first kappa shape index (κ1) is 19.0. The Hall–Kier alpha value is -2.30. The van der Waals surface area contributed by atoms with Crippen molar-refractivity contribution in [1.82, 2.24) is 5.01 Å². The second-order valence-electron chi connectivity index (χ2n) is 5.41. The molecule has 0 radical (unpaired) electrons. The first-order valence-electron chi connectivity index (χ1n) is 7.49. The Morgan fingerprint density at radius 1 is 1.36 bits per heavy atom. The number of hydrazone groups is 1. The molecule has 1 aliphatic rings. The predicted molar refractivity (Wildman–Crippen MR) is 87.3 cm³/mol. The predicted octanol–water partition coefficient (Wildman–Crippen LogP) is 1.04. The Morgan fingerprint density at radius 3 is 2.48 bits per heavy atom. The Kier molecular flexibility index (Phi) is 5.88. The lowest BCUT2D eigenvalue weighted by Gasteiger charge is -2.26. The van der Waals surface area contributed by atoms with Crippen molar-refractivity contribution in [3.05, 3.63) is 35.9 Å². The molecule has 0 saturated heterocycles. The van der Waals surface area contributed by atoms with Crippen LogP contribution in [0.2, 0.25) is 0 Å². The minimum Gasteiger partial charge on any atom is -0.477 e. The molecule has 0 spiro atoms. The number of carbonyl (C=O) groups is 2. The second kappa shape index (κ2) is 7.72. The van der Waals surface area contributed by atoms with Crippen LogP contribution in [0.15, 0.2) is 35.4 Å². The van der Waals surface area contributed by atoms with Crippen molar-refractivity contribution in [2.75, 3.05) is 6.61 Å². The van der Waals surface area contributed by atoms with Crippen LogP contribution in [0.4, 0.5) is 0 Å². The lowest BCUT2D eigenvalue weighted by Crippen LogP contribution is -2.33. The third-order valence-corrected chi connectivity index (χ3v) is 4.98. The highest BCUT2D eigenvalue weighted by molar-refractivity contribution is 7.86. The fourth-order valence-electron chi connectivity index (χ4n) is 2.29. The summed E-state index contributed by atoms with van der Waals surface area (Å²) in [5.41, 5.74) is 0.174. The molecule has 1 aromatic carbocycles. The average molecular weight is 370 g/mol. The van der Waals surface area contributed by atoms with Crippen molar-refractivity contribution >= 4 is 27.7 Å². The van der Waals surface area contributed by atoms with E-state index in [4.69, 9.17) is 9.84 Å². The summed E-state index contributed by atoms with van der Waals surface area (Å²) in [7, 11) is -4.31. The van der Waals surface area contributed by atoms with Gasteiger partial charge in [-0.25, -0.2) is 4.79 Å². The third-order valence-electron chi connectivity index (χ3n) is 3.67. The van der Waals surface area contributed by atoms with Crippen molar-refractivity contribution < 1.29 is 32.4 Å². The number of rotatable bonds is 8. The minimum atomic E-state index is -4.31. The fraction of sp³-hybridized carbons (Fsp3) is 0.400. The van der Waals surface area contributed by atoms with Crippen LogP contribution in [0, 0.1) is 0 Å². The summed E-state index contributed by atoms with van der Waals surface area (Å²) in [6.07, 6.45) is -1.36. The van der Waals surface area contributed by atoms with Crippen LogP contribution in [0.25, 0.3) is 0 Å². The van der Waals surface area contributed by atoms with Crippen molar-refractivity contribution in [1.29, 1.82) is 0 Å². The Balaban J connectivity index is 2.29. The highest BCUT2D eigenvalue weighted by atomic mass is 32.2. The van der Waals surface area contributed by atoms with Gasteiger partial charge < -0.3 is 9.84 Å². The molecule has 25 heavy (non-hydrogen) atoms.